The van der Waals surface area contributed by atoms with Crippen molar-refractivity contribution in [1.82, 2.24) is 5.32 Å². The average Bonchev–Trinajstić information content (AvgIpc) is 2.36. The Morgan fingerprint density at radius 2 is 1.68 bits per heavy atom. The third-order valence-electron chi connectivity index (χ3n) is 4.23. The molecule has 1 aliphatic rings. The summed E-state index contributed by atoms with van der Waals surface area (Å²) < 4.78 is 2.38. The van der Waals surface area contributed by atoms with Gasteiger partial charge in [-0.2, -0.15) is 0 Å². The lowest BCUT2D eigenvalue weighted by atomic mass is 9.83. The maximum absolute atomic E-state index is 3.71. The van der Waals surface area contributed by atoms with Gasteiger partial charge in [0, 0.05) is 15.0 Å². The SMILES string of the molecule is CNC(c1cc(Br)ccc1Br)C1CCCCCCC1. The van der Waals surface area contributed by atoms with Crippen LogP contribution in [0.4, 0.5) is 0 Å². The van der Waals surface area contributed by atoms with E-state index in [0.717, 1.165) is 10.4 Å². The van der Waals surface area contributed by atoms with Crippen LogP contribution >= 0.6 is 31.9 Å². The molecule has 106 valence electrons. The lowest BCUT2D eigenvalue weighted by molar-refractivity contribution is 0.299. The van der Waals surface area contributed by atoms with E-state index in [4.69, 9.17) is 0 Å². The fourth-order valence-corrected chi connectivity index (χ4v) is 4.09. The molecule has 0 saturated heterocycles. The molecule has 1 saturated carbocycles. The van der Waals surface area contributed by atoms with Crippen molar-refractivity contribution in [2.45, 2.75) is 51.0 Å². The maximum Gasteiger partial charge on any atom is 0.0357 e. The van der Waals surface area contributed by atoms with Crippen molar-refractivity contribution in [3.05, 3.63) is 32.7 Å². The van der Waals surface area contributed by atoms with E-state index in [9.17, 15) is 0 Å². The van der Waals surface area contributed by atoms with Crippen LogP contribution in [0.15, 0.2) is 27.1 Å². The second-order valence-electron chi connectivity index (χ2n) is 5.54. The van der Waals surface area contributed by atoms with Crippen LogP contribution in [0.1, 0.15) is 56.6 Å². The minimum atomic E-state index is 0.463. The van der Waals surface area contributed by atoms with Gasteiger partial charge in [-0.05, 0) is 49.6 Å². The Kier molecular flexibility index (Phi) is 6.37. The Morgan fingerprint density at radius 3 is 2.32 bits per heavy atom. The van der Waals surface area contributed by atoms with Gasteiger partial charge in [0.1, 0.15) is 0 Å². The second kappa shape index (κ2) is 7.80. The molecule has 2 rings (SSSR count). The van der Waals surface area contributed by atoms with Crippen molar-refractivity contribution in [2.75, 3.05) is 7.05 Å². The van der Waals surface area contributed by atoms with Crippen molar-refractivity contribution in [2.24, 2.45) is 5.92 Å². The summed E-state index contributed by atoms with van der Waals surface area (Å²) in [4.78, 5) is 0. The van der Waals surface area contributed by atoms with Crippen LogP contribution < -0.4 is 5.32 Å². The second-order valence-corrected chi connectivity index (χ2v) is 7.31. The summed E-state index contributed by atoms with van der Waals surface area (Å²) in [7, 11) is 2.09. The molecule has 1 aromatic carbocycles. The van der Waals surface area contributed by atoms with Gasteiger partial charge in [0.05, 0.1) is 0 Å². The zero-order chi connectivity index (χ0) is 13.7. The smallest absolute Gasteiger partial charge is 0.0357 e. The quantitative estimate of drug-likeness (QED) is 0.686. The first-order valence-electron chi connectivity index (χ1n) is 7.34. The van der Waals surface area contributed by atoms with E-state index in [2.05, 4.69) is 62.4 Å². The fraction of sp³-hybridized carbons (Fsp3) is 0.625. The summed E-state index contributed by atoms with van der Waals surface area (Å²) in [5.74, 6) is 0.760. The number of halogens is 2. The van der Waals surface area contributed by atoms with Gasteiger partial charge in [-0.15, -0.1) is 0 Å². The number of nitrogens with one attached hydrogen (secondary N) is 1. The first-order chi connectivity index (χ1) is 9.22. The molecule has 1 aromatic rings. The van der Waals surface area contributed by atoms with Crippen LogP contribution in [-0.4, -0.2) is 7.05 Å². The molecule has 1 atom stereocenters. The maximum atomic E-state index is 3.71. The molecule has 0 heterocycles. The Morgan fingerprint density at radius 1 is 1.05 bits per heavy atom. The van der Waals surface area contributed by atoms with Gasteiger partial charge in [0.2, 0.25) is 0 Å². The van der Waals surface area contributed by atoms with Gasteiger partial charge in [-0.3, -0.25) is 0 Å². The third-order valence-corrected chi connectivity index (χ3v) is 5.44. The minimum Gasteiger partial charge on any atom is -0.313 e. The standard InChI is InChI=1S/C16H23Br2N/c1-19-16(12-7-5-3-2-4-6-8-12)14-11-13(17)9-10-15(14)18/h9-12,16,19H,2-8H2,1H3. The van der Waals surface area contributed by atoms with Crippen LogP contribution in [0.25, 0.3) is 0 Å². The van der Waals surface area contributed by atoms with Gasteiger partial charge >= 0.3 is 0 Å². The van der Waals surface area contributed by atoms with E-state index in [1.54, 1.807) is 0 Å². The van der Waals surface area contributed by atoms with Crippen molar-refractivity contribution >= 4 is 31.9 Å². The largest absolute Gasteiger partial charge is 0.313 e. The zero-order valence-electron chi connectivity index (χ0n) is 11.6. The van der Waals surface area contributed by atoms with Gasteiger partial charge in [0.15, 0.2) is 0 Å². The monoisotopic (exact) mass is 387 g/mol. The van der Waals surface area contributed by atoms with E-state index in [1.165, 1.54) is 55.0 Å². The van der Waals surface area contributed by atoms with E-state index in [0.29, 0.717) is 6.04 Å². The predicted octanol–water partition coefficient (Wildman–Crippen LogP) is 5.83. The molecule has 1 fully saturated rings. The fourth-order valence-electron chi connectivity index (χ4n) is 3.22. The van der Waals surface area contributed by atoms with E-state index < -0.39 is 0 Å². The predicted molar refractivity (Wildman–Crippen MR) is 89.5 cm³/mol. The molecule has 0 aromatic heterocycles. The van der Waals surface area contributed by atoms with Gasteiger partial charge in [-0.1, -0.05) is 64.0 Å². The van der Waals surface area contributed by atoms with Gasteiger partial charge < -0.3 is 5.32 Å². The summed E-state index contributed by atoms with van der Waals surface area (Å²) >= 11 is 7.31. The van der Waals surface area contributed by atoms with Crippen molar-refractivity contribution < 1.29 is 0 Å². The summed E-state index contributed by atoms with van der Waals surface area (Å²) in [6, 6.07) is 6.96. The van der Waals surface area contributed by atoms with E-state index in [1.807, 2.05) is 0 Å². The number of hydrogen-bond acceptors (Lipinski definition) is 1. The van der Waals surface area contributed by atoms with E-state index >= 15 is 0 Å². The topological polar surface area (TPSA) is 12.0 Å². The molecule has 3 heteroatoms. The lowest BCUT2D eigenvalue weighted by Crippen LogP contribution is -2.26. The normalized spacial score (nSPS) is 19.7. The number of hydrogen-bond donors (Lipinski definition) is 1. The Hall–Kier alpha value is 0.140. The summed E-state index contributed by atoms with van der Waals surface area (Å²) in [5.41, 5.74) is 1.39. The molecule has 1 unspecified atom stereocenters. The Bertz CT molecular complexity index is 398. The first kappa shape index (κ1) is 15.5. The zero-order valence-corrected chi connectivity index (χ0v) is 14.8. The highest BCUT2D eigenvalue weighted by Gasteiger charge is 2.24. The Labute approximate surface area is 133 Å². The molecule has 1 aliphatic carbocycles. The van der Waals surface area contributed by atoms with E-state index in [-0.39, 0.29) is 0 Å². The molecular weight excluding hydrogens is 366 g/mol. The van der Waals surface area contributed by atoms with Crippen LogP contribution in [-0.2, 0) is 0 Å². The molecule has 0 aliphatic heterocycles. The number of rotatable bonds is 3. The highest BCUT2D eigenvalue weighted by Crippen LogP contribution is 2.36. The molecule has 1 N–H and O–H groups in total. The van der Waals surface area contributed by atoms with Crippen molar-refractivity contribution in [3.63, 3.8) is 0 Å². The van der Waals surface area contributed by atoms with Crippen LogP contribution in [0.3, 0.4) is 0 Å². The molecular formula is C16H23Br2N. The van der Waals surface area contributed by atoms with Crippen LogP contribution in [0.2, 0.25) is 0 Å². The van der Waals surface area contributed by atoms with Gasteiger partial charge in [0.25, 0.3) is 0 Å². The summed E-state index contributed by atoms with van der Waals surface area (Å²) in [6.07, 6.45) is 9.72. The number of benzene rings is 1. The first-order valence-corrected chi connectivity index (χ1v) is 8.93. The van der Waals surface area contributed by atoms with Gasteiger partial charge in [-0.25, -0.2) is 0 Å². The van der Waals surface area contributed by atoms with Crippen molar-refractivity contribution in [1.29, 1.82) is 0 Å². The van der Waals surface area contributed by atoms with Crippen molar-refractivity contribution in [3.8, 4) is 0 Å². The average molecular weight is 389 g/mol. The highest BCUT2D eigenvalue weighted by atomic mass is 79.9. The van der Waals surface area contributed by atoms with Crippen LogP contribution in [0.5, 0.6) is 0 Å². The lowest BCUT2D eigenvalue weighted by Gasteiger charge is -2.29. The molecule has 0 spiro atoms. The molecule has 0 bridgehead atoms. The molecule has 19 heavy (non-hydrogen) atoms. The molecule has 0 amide bonds. The molecule has 0 radical (unpaired) electrons. The molecule has 1 nitrogen and oxygen atoms in total. The summed E-state index contributed by atoms with van der Waals surface area (Å²) in [6.45, 7) is 0. The van der Waals surface area contributed by atoms with Crippen LogP contribution in [0, 0.1) is 5.92 Å². The Balaban J connectivity index is 2.19. The highest BCUT2D eigenvalue weighted by molar-refractivity contribution is 9.11. The summed E-state index contributed by atoms with van der Waals surface area (Å²) in [5, 5.41) is 3.55. The third kappa shape index (κ3) is 4.30. The minimum absolute atomic E-state index is 0.463.